The molecule has 10 aromatic rings. The topological polar surface area (TPSA) is 65.0 Å². The van der Waals surface area contributed by atoms with Crippen LogP contribution in [-0.2, 0) is 0 Å². The standard InChI is InChI=1S/C45H27N3O2/c1-2-12-28(13-3-1)37-26-38(48-45(47-37)33-16-5-4-15-30(33)29-14-11-25-46-27-29)34-24-23-32(43-36-18-7-9-21-40(36)50-44(34)43)31-19-10-22-41-42(31)35-17-6-8-20-39(35)49-41/h1-27H. The number of hydrogen-bond donors (Lipinski definition) is 0. The van der Waals surface area contributed by atoms with Crippen LogP contribution < -0.4 is 0 Å². The predicted octanol–water partition coefficient (Wildman–Crippen LogP) is 12.0. The van der Waals surface area contributed by atoms with E-state index in [1.54, 1.807) is 6.20 Å². The molecule has 0 aliphatic heterocycles. The zero-order chi connectivity index (χ0) is 33.0. The Bertz CT molecular complexity index is 2870. The fourth-order valence-electron chi connectivity index (χ4n) is 7.17. The Balaban J connectivity index is 1.26. The number of rotatable bonds is 5. The maximum Gasteiger partial charge on any atom is 0.161 e. The van der Waals surface area contributed by atoms with Crippen molar-refractivity contribution in [2.24, 2.45) is 0 Å². The van der Waals surface area contributed by atoms with Crippen LogP contribution in [0.3, 0.4) is 0 Å². The molecule has 4 heterocycles. The number of nitrogens with zero attached hydrogens (tertiary/aromatic N) is 3. The molecule has 0 radical (unpaired) electrons. The van der Waals surface area contributed by atoms with E-state index < -0.39 is 0 Å². The number of pyridine rings is 1. The minimum atomic E-state index is 0.628. The lowest BCUT2D eigenvalue weighted by Gasteiger charge is -2.13. The quantitative estimate of drug-likeness (QED) is 0.187. The first-order chi connectivity index (χ1) is 24.8. The van der Waals surface area contributed by atoms with Crippen LogP contribution in [0.15, 0.2) is 173 Å². The van der Waals surface area contributed by atoms with Crippen molar-refractivity contribution >= 4 is 43.9 Å². The summed E-state index contributed by atoms with van der Waals surface area (Å²) in [6.45, 7) is 0. The zero-order valence-electron chi connectivity index (χ0n) is 26.7. The van der Waals surface area contributed by atoms with Crippen molar-refractivity contribution in [3.8, 4) is 56.2 Å². The average molecular weight is 642 g/mol. The summed E-state index contributed by atoms with van der Waals surface area (Å²) in [5.74, 6) is 0.628. The number of hydrogen-bond acceptors (Lipinski definition) is 5. The van der Waals surface area contributed by atoms with Crippen LogP contribution in [0, 0.1) is 0 Å². The third kappa shape index (κ3) is 4.52. The first-order valence-corrected chi connectivity index (χ1v) is 16.6. The maximum absolute atomic E-state index is 6.77. The first kappa shape index (κ1) is 28.2. The summed E-state index contributed by atoms with van der Waals surface area (Å²) in [5, 5.41) is 4.25. The van der Waals surface area contributed by atoms with Gasteiger partial charge in [-0.25, -0.2) is 9.97 Å². The molecule has 50 heavy (non-hydrogen) atoms. The van der Waals surface area contributed by atoms with Crippen LogP contribution in [0.4, 0.5) is 0 Å². The lowest BCUT2D eigenvalue weighted by atomic mass is 9.93. The van der Waals surface area contributed by atoms with E-state index in [0.717, 1.165) is 94.2 Å². The highest BCUT2D eigenvalue weighted by atomic mass is 16.3. The Kier molecular flexibility index (Phi) is 6.42. The fourth-order valence-corrected chi connectivity index (χ4v) is 7.17. The third-order valence-corrected chi connectivity index (χ3v) is 9.43. The second-order valence-corrected chi connectivity index (χ2v) is 12.4. The van der Waals surface area contributed by atoms with Crippen LogP contribution in [0.5, 0.6) is 0 Å². The fraction of sp³-hybridized carbons (Fsp3) is 0. The highest BCUT2D eigenvalue weighted by Gasteiger charge is 2.22. The summed E-state index contributed by atoms with van der Waals surface area (Å²) in [4.78, 5) is 14.8. The highest BCUT2D eigenvalue weighted by Crippen LogP contribution is 2.45. The zero-order valence-corrected chi connectivity index (χ0v) is 26.7. The highest BCUT2D eigenvalue weighted by molar-refractivity contribution is 6.21. The minimum Gasteiger partial charge on any atom is -0.456 e. The second kappa shape index (κ2) is 11.4. The van der Waals surface area contributed by atoms with Crippen molar-refractivity contribution in [1.29, 1.82) is 0 Å². The summed E-state index contributed by atoms with van der Waals surface area (Å²) < 4.78 is 13.1. The molecule has 0 bridgehead atoms. The van der Waals surface area contributed by atoms with Crippen molar-refractivity contribution in [2.45, 2.75) is 0 Å². The van der Waals surface area contributed by atoms with Gasteiger partial charge in [-0.2, -0.15) is 0 Å². The van der Waals surface area contributed by atoms with E-state index in [2.05, 4.69) is 89.9 Å². The maximum atomic E-state index is 6.77. The van der Waals surface area contributed by atoms with Gasteiger partial charge in [-0.1, -0.05) is 115 Å². The number of para-hydroxylation sites is 2. The molecule has 0 N–H and O–H groups in total. The molecule has 0 spiro atoms. The van der Waals surface area contributed by atoms with E-state index in [1.807, 2.05) is 72.9 Å². The summed E-state index contributed by atoms with van der Waals surface area (Å²) in [6, 6.07) is 51.6. The van der Waals surface area contributed by atoms with Crippen LogP contribution in [0.2, 0.25) is 0 Å². The molecule has 4 aromatic heterocycles. The Morgan fingerprint density at radius 2 is 1.02 bits per heavy atom. The van der Waals surface area contributed by atoms with Gasteiger partial charge in [0.1, 0.15) is 22.3 Å². The van der Waals surface area contributed by atoms with Crippen LogP contribution in [-0.4, -0.2) is 15.0 Å². The molecular weight excluding hydrogens is 615 g/mol. The van der Waals surface area contributed by atoms with E-state index in [1.165, 1.54) is 0 Å². The van der Waals surface area contributed by atoms with Gasteiger partial charge in [-0.15, -0.1) is 0 Å². The van der Waals surface area contributed by atoms with Crippen molar-refractivity contribution in [3.63, 3.8) is 0 Å². The van der Waals surface area contributed by atoms with E-state index in [0.29, 0.717) is 5.82 Å². The van der Waals surface area contributed by atoms with Crippen molar-refractivity contribution in [3.05, 3.63) is 164 Å². The summed E-state index contributed by atoms with van der Waals surface area (Å²) >= 11 is 0. The number of fused-ring (bicyclic) bond motifs is 6. The van der Waals surface area contributed by atoms with Gasteiger partial charge in [-0.05, 0) is 53.1 Å². The smallest absolute Gasteiger partial charge is 0.161 e. The summed E-state index contributed by atoms with van der Waals surface area (Å²) in [6.07, 6.45) is 3.66. The second-order valence-electron chi connectivity index (χ2n) is 12.4. The summed E-state index contributed by atoms with van der Waals surface area (Å²) in [5.41, 5.74) is 11.9. The molecule has 0 fully saturated rings. The predicted molar refractivity (Wildman–Crippen MR) is 202 cm³/mol. The molecule has 6 aromatic carbocycles. The number of aromatic nitrogens is 3. The van der Waals surface area contributed by atoms with Gasteiger partial charge in [0.15, 0.2) is 5.82 Å². The molecule has 0 unspecified atom stereocenters. The number of furan rings is 2. The largest absolute Gasteiger partial charge is 0.456 e. The molecule has 0 saturated carbocycles. The average Bonchev–Trinajstić information content (AvgIpc) is 3.77. The molecule has 5 nitrogen and oxygen atoms in total. The van der Waals surface area contributed by atoms with Crippen molar-refractivity contribution in [1.82, 2.24) is 15.0 Å². The van der Waals surface area contributed by atoms with Gasteiger partial charge in [0, 0.05) is 56.2 Å². The lowest BCUT2D eigenvalue weighted by Crippen LogP contribution is -1.98. The van der Waals surface area contributed by atoms with Crippen molar-refractivity contribution in [2.75, 3.05) is 0 Å². The Morgan fingerprint density at radius 1 is 0.400 bits per heavy atom. The molecule has 234 valence electrons. The molecule has 0 aliphatic carbocycles. The Morgan fingerprint density at radius 3 is 1.84 bits per heavy atom. The molecule has 0 aliphatic rings. The first-order valence-electron chi connectivity index (χ1n) is 16.6. The molecule has 0 atom stereocenters. The number of benzene rings is 6. The summed E-state index contributed by atoms with van der Waals surface area (Å²) in [7, 11) is 0. The van der Waals surface area contributed by atoms with Crippen LogP contribution >= 0.6 is 0 Å². The van der Waals surface area contributed by atoms with E-state index in [-0.39, 0.29) is 0 Å². The molecule has 10 rings (SSSR count). The van der Waals surface area contributed by atoms with Gasteiger partial charge < -0.3 is 8.83 Å². The SMILES string of the molecule is c1ccc(-c2cc(-c3ccc(-c4cccc5oc6ccccc6c45)c4c3oc3ccccc34)nc(-c3ccccc3-c3cccnc3)n2)cc1. The lowest BCUT2D eigenvalue weighted by molar-refractivity contribution is 0.668. The van der Waals surface area contributed by atoms with Crippen LogP contribution in [0.1, 0.15) is 0 Å². The van der Waals surface area contributed by atoms with Gasteiger partial charge >= 0.3 is 0 Å². The normalized spacial score (nSPS) is 11.6. The van der Waals surface area contributed by atoms with Gasteiger partial charge in [-0.3, -0.25) is 4.98 Å². The van der Waals surface area contributed by atoms with E-state index in [9.17, 15) is 0 Å². The molecular formula is C45H27N3O2. The Hall–Kier alpha value is -6.85. The molecule has 0 saturated heterocycles. The van der Waals surface area contributed by atoms with Gasteiger partial charge in [0.05, 0.1) is 11.4 Å². The van der Waals surface area contributed by atoms with Gasteiger partial charge in [0.25, 0.3) is 0 Å². The van der Waals surface area contributed by atoms with E-state index in [4.69, 9.17) is 18.8 Å². The Labute approximate surface area is 287 Å². The van der Waals surface area contributed by atoms with Gasteiger partial charge in [0.2, 0.25) is 0 Å². The third-order valence-electron chi connectivity index (χ3n) is 9.43. The van der Waals surface area contributed by atoms with Crippen LogP contribution in [0.25, 0.3) is 100 Å². The monoisotopic (exact) mass is 641 g/mol. The molecule has 0 amide bonds. The van der Waals surface area contributed by atoms with Crippen molar-refractivity contribution < 1.29 is 8.83 Å². The minimum absolute atomic E-state index is 0.628. The van der Waals surface area contributed by atoms with E-state index >= 15 is 0 Å². The molecule has 5 heteroatoms.